The fourth-order valence-corrected chi connectivity index (χ4v) is 3.10. The number of hydrogen-bond donors (Lipinski definition) is 0. The lowest BCUT2D eigenvalue weighted by Gasteiger charge is -2.22. The molecular formula is C22H21NO5. The predicted octanol–water partition coefficient (Wildman–Crippen LogP) is 3.79. The van der Waals surface area contributed by atoms with Crippen LogP contribution in [0.25, 0.3) is 11.0 Å². The van der Waals surface area contributed by atoms with Gasteiger partial charge in [-0.1, -0.05) is 30.3 Å². The molecule has 1 aliphatic carbocycles. The number of carbonyl (C=O) groups excluding carboxylic acids is 2. The van der Waals surface area contributed by atoms with Crippen LogP contribution in [-0.4, -0.2) is 36.5 Å². The highest BCUT2D eigenvalue weighted by molar-refractivity contribution is 5.93. The molecule has 1 aromatic heterocycles. The molecular weight excluding hydrogens is 358 g/mol. The molecule has 0 N–H and O–H groups in total. The van der Waals surface area contributed by atoms with Crippen molar-refractivity contribution in [3.05, 3.63) is 65.9 Å². The Kier molecular flexibility index (Phi) is 5.02. The van der Waals surface area contributed by atoms with Crippen molar-refractivity contribution in [1.82, 2.24) is 4.90 Å². The third-order valence-electron chi connectivity index (χ3n) is 4.77. The van der Waals surface area contributed by atoms with E-state index >= 15 is 0 Å². The van der Waals surface area contributed by atoms with E-state index in [0.717, 1.165) is 29.5 Å². The lowest BCUT2D eigenvalue weighted by atomic mass is 10.2. The topological polar surface area (TPSA) is 69.0 Å². The first-order valence-electron chi connectivity index (χ1n) is 9.22. The first kappa shape index (κ1) is 18.1. The van der Waals surface area contributed by atoms with Gasteiger partial charge in [-0.2, -0.15) is 0 Å². The van der Waals surface area contributed by atoms with E-state index in [1.165, 1.54) is 0 Å². The quantitative estimate of drug-likeness (QED) is 0.584. The monoisotopic (exact) mass is 379 g/mol. The van der Waals surface area contributed by atoms with Gasteiger partial charge in [0.1, 0.15) is 11.3 Å². The molecule has 1 amide bonds. The number of esters is 1. The normalized spacial score (nSPS) is 13.3. The van der Waals surface area contributed by atoms with Gasteiger partial charge in [-0.3, -0.25) is 4.79 Å². The number of para-hydroxylation sites is 1. The summed E-state index contributed by atoms with van der Waals surface area (Å²) in [5, 5.41) is 0.819. The molecule has 1 heterocycles. The number of nitrogens with zero attached hydrogens (tertiary/aromatic N) is 1. The molecule has 0 atom stereocenters. The standard InChI is InChI=1S/C22H21NO5/c1-26-18-10-6-15(7-11-18)13-23(17-8-9-17)21(24)14-27-22(25)20-12-16-4-2-3-5-19(16)28-20/h2-7,10-12,17H,8-9,13-14H2,1H3. The molecule has 6 heteroatoms. The van der Waals surface area contributed by atoms with Crippen LogP contribution in [0.15, 0.2) is 59.0 Å². The van der Waals surface area contributed by atoms with Crippen LogP contribution in [-0.2, 0) is 16.1 Å². The lowest BCUT2D eigenvalue weighted by molar-refractivity contribution is -0.135. The second-order valence-electron chi connectivity index (χ2n) is 6.83. The SMILES string of the molecule is COc1ccc(CN(C(=O)COC(=O)c2cc3ccccc3o2)C2CC2)cc1. The zero-order chi connectivity index (χ0) is 19.5. The van der Waals surface area contributed by atoms with Crippen molar-refractivity contribution in [2.24, 2.45) is 0 Å². The number of furan rings is 1. The highest BCUT2D eigenvalue weighted by Crippen LogP contribution is 2.29. The number of amides is 1. The van der Waals surface area contributed by atoms with Crippen LogP contribution < -0.4 is 4.74 Å². The van der Waals surface area contributed by atoms with Crippen molar-refractivity contribution in [3.8, 4) is 5.75 Å². The number of ether oxygens (including phenoxy) is 2. The Labute approximate surface area is 162 Å². The summed E-state index contributed by atoms with van der Waals surface area (Å²) in [6.07, 6.45) is 1.94. The number of hydrogen-bond acceptors (Lipinski definition) is 5. The maximum atomic E-state index is 12.7. The largest absolute Gasteiger partial charge is 0.497 e. The Morgan fingerprint density at radius 1 is 1.11 bits per heavy atom. The van der Waals surface area contributed by atoms with E-state index in [1.807, 2.05) is 42.5 Å². The van der Waals surface area contributed by atoms with Gasteiger partial charge in [0.2, 0.25) is 5.76 Å². The van der Waals surface area contributed by atoms with Crippen LogP contribution in [0, 0.1) is 0 Å². The van der Waals surface area contributed by atoms with Crippen molar-refractivity contribution in [1.29, 1.82) is 0 Å². The number of fused-ring (bicyclic) bond motifs is 1. The summed E-state index contributed by atoms with van der Waals surface area (Å²) in [7, 11) is 1.62. The molecule has 0 spiro atoms. The highest BCUT2D eigenvalue weighted by atomic mass is 16.5. The van der Waals surface area contributed by atoms with Crippen LogP contribution in [0.2, 0.25) is 0 Å². The summed E-state index contributed by atoms with van der Waals surface area (Å²) in [5.74, 6) is 0.0301. The minimum atomic E-state index is -0.634. The van der Waals surface area contributed by atoms with Crippen LogP contribution in [0.4, 0.5) is 0 Å². The third kappa shape index (κ3) is 4.01. The summed E-state index contributed by atoms with van der Waals surface area (Å²) in [5.41, 5.74) is 1.62. The van der Waals surface area contributed by atoms with E-state index in [0.29, 0.717) is 12.1 Å². The molecule has 0 unspecified atom stereocenters. The van der Waals surface area contributed by atoms with Crippen LogP contribution in [0.1, 0.15) is 29.0 Å². The molecule has 0 saturated heterocycles. The molecule has 1 aliphatic rings. The zero-order valence-corrected chi connectivity index (χ0v) is 15.6. The molecule has 2 aromatic carbocycles. The summed E-state index contributed by atoms with van der Waals surface area (Å²) in [6, 6.07) is 16.8. The predicted molar refractivity (Wildman–Crippen MR) is 103 cm³/mol. The van der Waals surface area contributed by atoms with E-state index in [-0.39, 0.29) is 24.3 Å². The maximum absolute atomic E-state index is 12.7. The Hall–Kier alpha value is -3.28. The summed E-state index contributed by atoms with van der Waals surface area (Å²) >= 11 is 0. The fraction of sp³-hybridized carbons (Fsp3) is 0.273. The molecule has 28 heavy (non-hydrogen) atoms. The smallest absolute Gasteiger partial charge is 0.374 e. The van der Waals surface area contributed by atoms with Gasteiger partial charge in [0.15, 0.2) is 6.61 Å². The number of benzene rings is 2. The number of methoxy groups -OCH3 is 1. The minimum absolute atomic E-state index is 0.0992. The van der Waals surface area contributed by atoms with Gasteiger partial charge in [-0.05, 0) is 42.7 Å². The first-order valence-corrected chi connectivity index (χ1v) is 9.22. The number of rotatable bonds is 7. The molecule has 0 radical (unpaired) electrons. The van der Waals surface area contributed by atoms with Gasteiger partial charge < -0.3 is 18.8 Å². The van der Waals surface area contributed by atoms with Crippen molar-refractivity contribution >= 4 is 22.8 Å². The number of carbonyl (C=O) groups is 2. The maximum Gasteiger partial charge on any atom is 0.374 e. The molecule has 3 aromatic rings. The summed E-state index contributed by atoms with van der Waals surface area (Å²) in [4.78, 5) is 26.7. The first-order chi connectivity index (χ1) is 13.6. The Morgan fingerprint density at radius 3 is 2.54 bits per heavy atom. The third-order valence-corrected chi connectivity index (χ3v) is 4.77. The lowest BCUT2D eigenvalue weighted by Crippen LogP contribution is -2.36. The second-order valence-corrected chi connectivity index (χ2v) is 6.83. The Morgan fingerprint density at radius 2 is 1.86 bits per heavy atom. The average Bonchev–Trinajstić information content (AvgIpc) is 3.47. The second kappa shape index (κ2) is 7.76. The van der Waals surface area contributed by atoms with Crippen LogP contribution >= 0.6 is 0 Å². The van der Waals surface area contributed by atoms with Crippen molar-refractivity contribution in [2.75, 3.05) is 13.7 Å². The summed E-state index contributed by atoms with van der Waals surface area (Å²) < 4.78 is 15.9. The van der Waals surface area contributed by atoms with E-state index in [4.69, 9.17) is 13.9 Å². The summed E-state index contributed by atoms with van der Waals surface area (Å²) in [6.45, 7) is 0.179. The van der Waals surface area contributed by atoms with Crippen molar-refractivity contribution in [3.63, 3.8) is 0 Å². The van der Waals surface area contributed by atoms with Gasteiger partial charge in [0, 0.05) is 18.0 Å². The van der Waals surface area contributed by atoms with E-state index in [9.17, 15) is 9.59 Å². The van der Waals surface area contributed by atoms with E-state index in [2.05, 4.69) is 0 Å². The van der Waals surface area contributed by atoms with Crippen LogP contribution in [0.3, 0.4) is 0 Å². The zero-order valence-electron chi connectivity index (χ0n) is 15.6. The van der Waals surface area contributed by atoms with Gasteiger partial charge in [-0.25, -0.2) is 4.79 Å². The van der Waals surface area contributed by atoms with Gasteiger partial charge in [-0.15, -0.1) is 0 Å². The van der Waals surface area contributed by atoms with E-state index in [1.54, 1.807) is 24.1 Å². The fourth-order valence-electron chi connectivity index (χ4n) is 3.10. The van der Waals surface area contributed by atoms with Crippen LogP contribution in [0.5, 0.6) is 5.75 Å². The molecule has 6 nitrogen and oxygen atoms in total. The Bertz CT molecular complexity index is 955. The minimum Gasteiger partial charge on any atom is -0.497 e. The molecule has 0 aliphatic heterocycles. The highest BCUT2D eigenvalue weighted by Gasteiger charge is 2.33. The molecule has 1 saturated carbocycles. The van der Waals surface area contributed by atoms with Gasteiger partial charge >= 0.3 is 5.97 Å². The van der Waals surface area contributed by atoms with Gasteiger partial charge in [0.25, 0.3) is 5.91 Å². The van der Waals surface area contributed by atoms with E-state index < -0.39 is 5.97 Å². The molecule has 1 fully saturated rings. The van der Waals surface area contributed by atoms with Crippen molar-refractivity contribution in [2.45, 2.75) is 25.4 Å². The average molecular weight is 379 g/mol. The van der Waals surface area contributed by atoms with Gasteiger partial charge in [0.05, 0.1) is 7.11 Å². The molecule has 4 rings (SSSR count). The molecule has 144 valence electrons. The van der Waals surface area contributed by atoms with Crippen molar-refractivity contribution < 1.29 is 23.5 Å². The molecule has 0 bridgehead atoms. The Balaban J connectivity index is 1.38.